The molecule has 3 aromatic rings. The highest BCUT2D eigenvalue weighted by Crippen LogP contribution is 2.38. The standard InChI is InChI=1S/C13H9ClN2OS2/c14-7-2-1-3-8(6-7)19-11-9-4-5-18-13(9)16-10(11)12(15)17/h1-6,16H,(H2,15,17). The minimum Gasteiger partial charge on any atom is -0.364 e. The SMILES string of the molecule is NC(=O)c1[nH]c2sccc2c1Sc1cccc(Cl)c1. The van der Waals surface area contributed by atoms with Crippen LogP contribution in [0.5, 0.6) is 0 Å². The van der Waals surface area contributed by atoms with Crippen molar-refractivity contribution in [1.82, 2.24) is 4.98 Å². The van der Waals surface area contributed by atoms with Gasteiger partial charge in [-0.05, 0) is 29.6 Å². The van der Waals surface area contributed by atoms with Gasteiger partial charge in [0, 0.05) is 15.3 Å². The zero-order chi connectivity index (χ0) is 13.4. The number of primary amides is 1. The number of thiophene rings is 1. The molecule has 3 rings (SSSR count). The summed E-state index contributed by atoms with van der Waals surface area (Å²) in [5.41, 5.74) is 5.87. The zero-order valence-electron chi connectivity index (χ0n) is 9.64. The first kappa shape index (κ1) is 12.6. The molecule has 1 aromatic carbocycles. The molecule has 6 heteroatoms. The van der Waals surface area contributed by atoms with Gasteiger partial charge in [-0.3, -0.25) is 4.79 Å². The van der Waals surface area contributed by atoms with Gasteiger partial charge < -0.3 is 10.7 Å². The fourth-order valence-electron chi connectivity index (χ4n) is 1.82. The molecule has 19 heavy (non-hydrogen) atoms. The van der Waals surface area contributed by atoms with Gasteiger partial charge in [0.1, 0.15) is 10.5 Å². The second-order valence-electron chi connectivity index (χ2n) is 3.92. The lowest BCUT2D eigenvalue weighted by Crippen LogP contribution is -2.12. The third kappa shape index (κ3) is 2.36. The van der Waals surface area contributed by atoms with E-state index in [0.717, 1.165) is 20.0 Å². The van der Waals surface area contributed by atoms with Gasteiger partial charge in [0.05, 0.1) is 4.90 Å². The van der Waals surface area contributed by atoms with E-state index in [1.807, 2.05) is 35.7 Å². The van der Waals surface area contributed by atoms with E-state index >= 15 is 0 Å². The highest BCUT2D eigenvalue weighted by atomic mass is 35.5. The monoisotopic (exact) mass is 308 g/mol. The second-order valence-corrected chi connectivity index (χ2v) is 6.35. The van der Waals surface area contributed by atoms with Crippen LogP contribution in [-0.4, -0.2) is 10.9 Å². The van der Waals surface area contributed by atoms with Gasteiger partial charge >= 0.3 is 0 Å². The minimum atomic E-state index is -0.451. The molecule has 0 spiro atoms. The number of halogens is 1. The average molecular weight is 309 g/mol. The smallest absolute Gasteiger partial charge is 0.266 e. The summed E-state index contributed by atoms with van der Waals surface area (Å²) in [5, 5.41) is 3.67. The second kappa shape index (κ2) is 4.92. The van der Waals surface area contributed by atoms with Crippen molar-refractivity contribution in [3.63, 3.8) is 0 Å². The van der Waals surface area contributed by atoms with Crippen LogP contribution in [0, 0.1) is 0 Å². The highest BCUT2D eigenvalue weighted by molar-refractivity contribution is 7.99. The molecule has 0 aliphatic rings. The Morgan fingerprint density at radius 1 is 1.37 bits per heavy atom. The number of H-pyrrole nitrogens is 1. The maximum atomic E-state index is 11.5. The zero-order valence-corrected chi connectivity index (χ0v) is 12.0. The molecule has 96 valence electrons. The van der Waals surface area contributed by atoms with E-state index in [1.54, 1.807) is 11.3 Å². The summed E-state index contributed by atoms with van der Waals surface area (Å²) in [6, 6.07) is 9.49. The summed E-state index contributed by atoms with van der Waals surface area (Å²) in [7, 11) is 0. The van der Waals surface area contributed by atoms with Crippen LogP contribution in [0.25, 0.3) is 10.2 Å². The van der Waals surface area contributed by atoms with Crippen LogP contribution in [0.3, 0.4) is 0 Å². The van der Waals surface area contributed by atoms with Crippen LogP contribution < -0.4 is 5.73 Å². The van der Waals surface area contributed by atoms with Crippen LogP contribution >= 0.6 is 34.7 Å². The molecule has 2 heterocycles. The first-order chi connectivity index (χ1) is 9.15. The Kier molecular flexibility index (Phi) is 3.26. The van der Waals surface area contributed by atoms with Gasteiger partial charge in [-0.15, -0.1) is 11.3 Å². The van der Waals surface area contributed by atoms with Crippen LogP contribution in [0.2, 0.25) is 5.02 Å². The summed E-state index contributed by atoms with van der Waals surface area (Å²) in [5.74, 6) is -0.451. The largest absolute Gasteiger partial charge is 0.364 e. The number of aromatic nitrogens is 1. The van der Waals surface area contributed by atoms with Crippen molar-refractivity contribution in [2.45, 2.75) is 9.79 Å². The maximum absolute atomic E-state index is 11.5. The van der Waals surface area contributed by atoms with E-state index in [-0.39, 0.29) is 0 Å². The quantitative estimate of drug-likeness (QED) is 0.764. The number of nitrogens with two attached hydrogens (primary N) is 1. The van der Waals surface area contributed by atoms with Crippen molar-refractivity contribution in [3.05, 3.63) is 46.4 Å². The van der Waals surface area contributed by atoms with Gasteiger partial charge in [0.15, 0.2) is 0 Å². The molecule has 0 saturated carbocycles. The molecule has 0 radical (unpaired) electrons. The first-order valence-corrected chi connectivity index (χ1v) is 7.55. The molecule has 0 aliphatic heterocycles. The van der Waals surface area contributed by atoms with Crippen LogP contribution in [0.4, 0.5) is 0 Å². The number of nitrogens with one attached hydrogen (secondary N) is 1. The van der Waals surface area contributed by atoms with Crippen molar-refractivity contribution in [3.8, 4) is 0 Å². The number of carbonyl (C=O) groups is 1. The Morgan fingerprint density at radius 2 is 2.21 bits per heavy atom. The van der Waals surface area contributed by atoms with E-state index in [1.165, 1.54) is 11.8 Å². The lowest BCUT2D eigenvalue weighted by Gasteiger charge is -2.02. The summed E-state index contributed by atoms with van der Waals surface area (Å²) in [4.78, 5) is 17.4. The molecule has 2 aromatic heterocycles. The summed E-state index contributed by atoms with van der Waals surface area (Å²) < 4.78 is 0. The van der Waals surface area contributed by atoms with Gasteiger partial charge in [-0.1, -0.05) is 29.4 Å². The van der Waals surface area contributed by atoms with Gasteiger partial charge in [-0.2, -0.15) is 0 Å². The molecular formula is C13H9ClN2OS2. The number of amides is 1. The molecule has 0 saturated heterocycles. The van der Waals surface area contributed by atoms with Crippen LogP contribution in [0.15, 0.2) is 45.5 Å². The van der Waals surface area contributed by atoms with E-state index in [2.05, 4.69) is 4.98 Å². The number of hydrogen-bond donors (Lipinski definition) is 2. The Labute approximate surface area is 122 Å². The van der Waals surface area contributed by atoms with Crippen LogP contribution in [-0.2, 0) is 0 Å². The normalized spacial score (nSPS) is 11.0. The molecule has 3 N–H and O–H groups in total. The molecular weight excluding hydrogens is 300 g/mol. The minimum absolute atomic E-state index is 0.451. The molecule has 0 atom stereocenters. The van der Waals surface area contributed by atoms with Crippen molar-refractivity contribution in [2.75, 3.05) is 0 Å². The molecule has 0 unspecified atom stereocenters. The predicted molar refractivity (Wildman–Crippen MR) is 80.3 cm³/mol. The van der Waals surface area contributed by atoms with E-state index < -0.39 is 5.91 Å². The Balaban J connectivity index is 2.10. The molecule has 0 bridgehead atoms. The van der Waals surface area contributed by atoms with E-state index in [4.69, 9.17) is 17.3 Å². The number of aromatic amines is 1. The molecule has 3 nitrogen and oxygen atoms in total. The number of carbonyl (C=O) groups excluding carboxylic acids is 1. The third-order valence-electron chi connectivity index (χ3n) is 2.64. The number of fused-ring (bicyclic) bond motifs is 1. The molecule has 1 amide bonds. The Hall–Kier alpha value is -1.43. The first-order valence-electron chi connectivity index (χ1n) is 5.47. The lowest BCUT2D eigenvalue weighted by atomic mass is 10.3. The summed E-state index contributed by atoms with van der Waals surface area (Å²) in [6.45, 7) is 0. The topological polar surface area (TPSA) is 58.9 Å². The van der Waals surface area contributed by atoms with Gasteiger partial charge in [0.2, 0.25) is 0 Å². The van der Waals surface area contributed by atoms with E-state index in [0.29, 0.717) is 10.7 Å². The third-order valence-corrected chi connectivity index (χ3v) is 4.82. The lowest BCUT2D eigenvalue weighted by molar-refractivity contribution is 0.0993. The van der Waals surface area contributed by atoms with Crippen molar-refractivity contribution in [2.24, 2.45) is 5.73 Å². The number of benzene rings is 1. The van der Waals surface area contributed by atoms with Crippen LogP contribution in [0.1, 0.15) is 10.5 Å². The molecule has 0 fully saturated rings. The van der Waals surface area contributed by atoms with Crippen molar-refractivity contribution >= 4 is 50.8 Å². The highest BCUT2D eigenvalue weighted by Gasteiger charge is 2.17. The predicted octanol–water partition coefficient (Wildman–Crippen LogP) is 4.13. The fraction of sp³-hybridized carbons (Fsp3) is 0. The van der Waals surface area contributed by atoms with E-state index in [9.17, 15) is 4.79 Å². The van der Waals surface area contributed by atoms with Gasteiger partial charge in [-0.25, -0.2) is 0 Å². The summed E-state index contributed by atoms with van der Waals surface area (Å²) >= 11 is 9.01. The Bertz CT molecular complexity index is 763. The van der Waals surface area contributed by atoms with Gasteiger partial charge in [0.25, 0.3) is 5.91 Å². The number of rotatable bonds is 3. The molecule has 0 aliphatic carbocycles. The average Bonchev–Trinajstić information content (AvgIpc) is 2.92. The fourth-order valence-corrected chi connectivity index (χ4v) is 4.04. The Morgan fingerprint density at radius 3 is 2.95 bits per heavy atom. The maximum Gasteiger partial charge on any atom is 0.266 e. The van der Waals surface area contributed by atoms with Crippen molar-refractivity contribution < 1.29 is 4.79 Å². The summed E-state index contributed by atoms with van der Waals surface area (Å²) in [6.07, 6.45) is 0. The number of hydrogen-bond acceptors (Lipinski definition) is 3. The van der Waals surface area contributed by atoms with Crippen molar-refractivity contribution in [1.29, 1.82) is 0 Å².